The fourth-order valence-corrected chi connectivity index (χ4v) is 3.95. The summed E-state index contributed by atoms with van der Waals surface area (Å²) in [7, 11) is 1.63. The van der Waals surface area contributed by atoms with Crippen LogP contribution < -0.4 is 14.8 Å². The lowest BCUT2D eigenvalue weighted by Crippen LogP contribution is -2.21. The molecule has 0 atom stereocenters. The van der Waals surface area contributed by atoms with Crippen LogP contribution in [0.4, 0.5) is 5.95 Å². The number of methoxy groups -OCH3 is 1. The minimum Gasteiger partial charge on any atom is -0.497 e. The van der Waals surface area contributed by atoms with Gasteiger partial charge in [-0.1, -0.05) is 23.7 Å². The van der Waals surface area contributed by atoms with Crippen LogP contribution in [0.15, 0.2) is 41.8 Å². The number of ether oxygens (including phenoxy) is 2. The van der Waals surface area contributed by atoms with E-state index in [-0.39, 0.29) is 18.5 Å². The number of thiazole rings is 1. The van der Waals surface area contributed by atoms with Crippen molar-refractivity contribution in [2.75, 3.05) is 19.0 Å². The van der Waals surface area contributed by atoms with E-state index < -0.39 is 0 Å². The van der Waals surface area contributed by atoms with Gasteiger partial charge in [-0.3, -0.25) is 10.1 Å². The van der Waals surface area contributed by atoms with Crippen molar-refractivity contribution >= 4 is 39.8 Å². The van der Waals surface area contributed by atoms with E-state index in [1.54, 1.807) is 23.8 Å². The van der Waals surface area contributed by atoms with Crippen molar-refractivity contribution in [1.82, 2.24) is 14.6 Å². The normalized spacial score (nSPS) is 10.9. The molecule has 2 aromatic heterocycles. The average molecular weight is 443 g/mol. The summed E-state index contributed by atoms with van der Waals surface area (Å²) in [6.45, 7) is 3.63. The molecule has 0 saturated carbocycles. The van der Waals surface area contributed by atoms with Crippen LogP contribution >= 0.6 is 22.9 Å². The Morgan fingerprint density at radius 3 is 2.70 bits per heavy atom. The third-order valence-corrected chi connectivity index (χ3v) is 5.89. The Bertz CT molecular complexity index is 1210. The number of carbonyl (C=O) groups excluding carboxylic acids is 1. The van der Waals surface area contributed by atoms with E-state index in [0.717, 1.165) is 28.1 Å². The molecule has 9 heteroatoms. The summed E-state index contributed by atoms with van der Waals surface area (Å²) < 4.78 is 12.6. The van der Waals surface area contributed by atoms with Crippen LogP contribution in [0.2, 0.25) is 5.02 Å². The molecule has 0 aliphatic heterocycles. The van der Waals surface area contributed by atoms with Crippen LogP contribution in [0.3, 0.4) is 0 Å². The van der Waals surface area contributed by atoms with Crippen molar-refractivity contribution in [3.63, 3.8) is 0 Å². The highest BCUT2D eigenvalue weighted by Crippen LogP contribution is 2.28. The Labute approximate surface area is 182 Å². The fourth-order valence-electron chi connectivity index (χ4n) is 3.01. The average Bonchev–Trinajstić information content (AvgIpc) is 3.30. The first-order chi connectivity index (χ1) is 14.4. The number of anilines is 1. The number of carbonyl (C=O) groups is 1. The summed E-state index contributed by atoms with van der Waals surface area (Å²) in [6.07, 6.45) is 0. The Morgan fingerprint density at radius 1 is 1.20 bits per heavy atom. The highest BCUT2D eigenvalue weighted by molar-refractivity contribution is 7.15. The molecule has 0 bridgehead atoms. The molecule has 2 heterocycles. The van der Waals surface area contributed by atoms with Gasteiger partial charge >= 0.3 is 0 Å². The highest BCUT2D eigenvalue weighted by atomic mass is 35.5. The van der Waals surface area contributed by atoms with Crippen LogP contribution in [0.25, 0.3) is 16.2 Å². The van der Waals surface area contributed by atoms with E-state index in [4.69, 9.17) is 21.1 Å². The number of aryl methyl sites for hydroxylation is 2. The number of benzene rings is 2. The lowest BCUT2D eigenvalue weighted by Gasteiger charge is -2.09. The number of nitrogens with one attached hydrogen (secondary N) is 1. The summed E-state index contributed by atoms with van der Waals surface area (Å²) in [4.78, 5) is 17.3. The van der Waals surface area contributed by atoms with Crippen LogP contribution in [-0.2, 0) is 4.79 Å². The van der Waals surface area contributed by atoms with Crippen molar-refractivity contribution in [2.24, 2.45) is 0 Å². The second kappa shape index (κ2) is 8.33. The summed E-state index contributed by atoms with van der Waals surface area (Å²) in [5, 5.41) is 9.75. The summed E-state index contributed by atoms with van der Waals surface area (Å²) >= 11 is 7.60. The number of fused-ring (bicyclic) bond motifs is 1. The molecular formula is C21H19ClN4O3S. The molecule has 0 unspecified atom stereocenters. The molecule has 0 aliphatic rings. The molecule has 0 radical (unpaired) electrons. The van der Waals surface area contributed by atoms with E-state index >= 15 is 0 Å². The number of rotatable bonds is 6. The van der Waals surface area contributed by atoms with Crippen molar-refractivity contribution in [3.8, 4) is 22.8 Å². The summed E-state index contributed by atoms with van der Waals surface area (Å²) in [6, 6.07) is 11.3. The molecule has 0 aliphatic carbocycles. The number of amides is 1. The largest absolute Gasteiger partial charge is 0.497 e. The second-order valence-electron chi connectivity index (χ2n) is 6.69. The van der Waals surface area contributed by atoms with E-state index in [1.165, 1.54) is 11.3 Å². The van der Waals surface area contributed by atoms with E-state index in [2.05, 4.69) is 15.4 Å². The van der Waals surface area contributed by atoms with Crippen LogP contribution in [0.5, 0.6) is 11.5 Å². The van der Waals surface area contributed by atoms with Gasteiger partial charge < -0.3 is 9.47 Å². The first kappa shape index (κ1) is 20.2. The molecule has 0 saturated heterocycles. The maximum atomic E-state index is 12.3. The number of hydrogen-bond donors (Lipinski definition) is 1. The predicted octanol–water partition coefficient (Wildman–Crippen LogP) is 4.75. The number of aromatic nitrogens is 3. The highest BCUT2D eigenvalue weighted by Gasteiger charge is 2.14. The smallest absolute Gasteiger partial charge is 0.264 e. The van der Waals surface area contributed by atoms with Crippen LogP contribution in [0.1, 0.15) is 11.1 Å². The molecule has 1 N–H and O–H groups in total. The molecule has 7 nitrogen and oxygen atoms in total. The van der Waals surface area contributed by atoms with Gasteiger partial charge in [0.15, 0.2) is 6.61 Å². The third-order valence-electron chi connectivity index (χ3n) is 4.48. The fraction of sp³-hybridized carbons (Fsp3) is 0.190. The monoisotopic (exact) mass is 442 g/mol. The zero-order valence-electron chi connectivity index (χ0n) is 16.6. The quantitative estimate of drug-likeness (QED) is 0.466. The minimum atomic E-state index is -0.346. The van der Waals surface area contributed by atoms with Crippen molar-refractivity contribution in [1.29, 1.82) is 0 Å². The first-order valence-electron chi connectivity index (χ1n) is 9.12. The van der Waals surface area contributed by atoms with Crippen LogP contribution in [-0.4, -0.2) is 34.2 Å². The van der Waals surface area contributed by atoms with Gasteiger partial charge in [-0.25, -0.2) is 4.52 Å². The van der Waals surface area contributed by atoms with Gasteiger partial charge in [0, 0.05) is 16.0 Å². The SMILES string of the molecule is COc1cccc(-c2csc3nc(NC(=O)COc4cc(C)c(Cl)c(C)c4)nn23)c1. The minimum absolute atomic E-state index is 0.157. The molecule has 0 fully saturated rings. The second-order valence-corrected chi connectivity index (χ2v) is 7.91. The van der Waals surface area contributed by atoms with Crippen molar-refractivity contribution < 1.29 is 14.3 Å². The van der Waals surface area contributed by atoms with Gasteiger partial charge in [-0.15, -0.1) is 16.4 Å². The Morgan fingerprint density at radius 2 is 1.97 bits per heavy atom. The van der Waals surface area contributed by atoms with Gasteiger partial charge in [0.05, 0.1) is 12.8 Å². The summed E-state index contributed by atoms with van der Waals surface area (Å²) in [5.41, 5.74) is 3.60. The van der Waals surface area contributed by atoms with Gasteiger partial charge in [0.2, 0.25) is 4.96 Å². The van der Waals surface area contributed by atoms with E-state index in [0.29, 0.717) is 15.7 Å². The van der Waals surface area contributed by atoms with Gasteiger partial charge in [0.1, 0.15) is 11.5 Å². The van der Waals surface area contributed by atoms with Gasteiger partial charge in [0.25, 0.3) is 11.9 Å². The van der Waals surface area contributed by atoms with Gasteiger partial charge in [-0.05, 0) is 49.2 Å². The van der Waals surface area contributed by atoms with Crippen LogP contribution in [0, 0.1) is 13.8 Å². The van der Waals surface area contributed by atoms with E-state index in [9.17, 15) is 4.79 Å². The molecule has 4 rings (SSSR count). The maximum absolute atomic E-state index is 12.3. The molecule has 4 aromatic rings. The number of nitrogens with zero attached hydrogens (tertiary/aromatic N) is 3. The lowest BCUT2D eigenvalue weighted by molar-refractivity contribution is -0.118. The molecule has 0 spiro atoms. The Kier molecular flexibility index (Phi) is 5.61. The summed E-state index contributed by atoms with van der Waals surface area (Å²) in [5.74, 6) is 1.22. The molecular weight excluding hydrogens is 424 g/mol. The molecule has 2 aromatic carbocycles. The first-order valence-corrected chi connectivity index (χ1v) is 10.4. The zero-order chi connectivity index (χ0) is 21.3. The standard InChI is InChI=1S/C21H19ClN4O3S/c1-12-7-16(8-13(2)19(12)22)29-10-18(27)23-20-24-21-26(25-20)17(11-30-21)14-5-4-6-15(9-14)28-3/h4-9,11H,10H2,1-3H3,(H,23,25,27). The maximum Gasteiger partial charge on any atom is 0.264 e. The van der Waals surface area contributed by atoms with Gasteiger partial charge in [-0.2, -0.15) is 4.98 Å². The Balaban J connectivity index is 1.46. The number of halogens is 1. The predicted molar refractivity (Wildman–Crippen MR) is 118 cm³/mol. The topological polar surface area (TPSA) is 77.8 Å². The van der Waals surface area contributed by atoms with Crippen molar-refractivity contribution in [3.05, 3.63) is 57.9 Å². The third kappa shape index (κ3) is 4.10. The zero-order valence-corrected chi connectivity index (χ0v) is 18.2. The lowest BCUT2D eigenvalue weighted by atomic mass is 10.1. The van der Waals surface area contributed by atoms with E-state index in [1.807, 2.05) is 43.5 Å². The molecule has 1 amide bonds. The molecule has 30 heavy (non-hydrogen) atoms. The Hall–Kier alpha value is -3.10. The van der Waals surface area contributed by atoms with Crippen molar-refractivity contribution in [2.45, 2.75) is 13.8 Å². The molecule has 154 valence electrons. The number of hydrogen-bond acceptors (Lipinski definition) is 6.